The smallest absolute Gasteiger partial charge is 0.186 e. The summed E-state index contributed by atoms with van der Waals surface area (Å²) < 4.78 is 0. The van der Waals surface area contributed by atoms with E-state index in [9.17, 15) is 0 Å². The number of guanidine groups is 1. The van der Waals surface area contributed by atoms with E-state index in [1.54, 1.807) is 0 Å². The maximum absolute atomic E-state index is 5.36. The molecule has 0 radical (unpaired) electrons. The molecule has 2 rings (SSSR count). The third-order valence-corrected chi connectivity index (χ3v) is 3.72. The molecule has 1 aliphatic heterocycles. The Labute approximate surface area is 138 Å². The lowest BCUT2D eigenvalue weighted by Crippen LogP contribution is -2.32. The molecule has 0 aliphatic carbocycles. The van der Waals surface area contributed by atoms with Gasteiger partial charge in [-0.3, -0.25) is 4.90 Å². The standard InChI is InChI=1S/C15H24N4.HI/c1-12-5-7-19(8-6-12)11-14-4-2-3-13(9-14)10-18-15(16)17;/h2-4,9,12H,5-8,10-11H2,1H3,(H4,16,17,18);1H. The first-order chi connectivity index (χ1) is 9.13. The highest BCUT2D eigenvalue weighted by atomic mass is 127. The van der Waals surface area contributed by atoms with Gasteiger partial charge < -0.3 is 11.5 Å². The fourth-order valence-corrected chi connectivity index (χ4v) is 2.49. The van der Waals surface area contributed by atoms with Crippen molar-refractivity contribution in [1.82, 2.24) is 4.90 Å². The second-order valence-corrected chi connectivity index (χ2v) is 5.52. The number of benzene rings is 1. The number of halogens is 1. The van der Waals surface area contributed by atoms with Crippen molar-refractivity contribution in [2.75, 3.05) is 13.1 Å². The Morgan fingerprint density at radius 3 is 2.55 bits per heavy atom. The lowest BCUT2D eigenvalue weighted by atomic mass is 9.98. The van der Waals surface area contributed by atoms with Crippen LogP contribution >= 0.6 is 24.0 Å². The molecule has 1 aliphatic rings. The Bertz CT molecular complexity index is 435. The van der Waals surface area contributed by atoms with Crippen molar-refractivity contribution >= 4 is 29.9 Å². The Morgan fingerprint density at radius 1 is 1.25 bits per heavy atom. The minimum Gasteiger partial charge on any atom is -0.370 e. The second kappa shape index (κ2) is 8.46. The molecular weight excluding hydrogens is 363 g/mol. The van der Waals surface area contributed by atoms with Crippen molar-refractivity contribution in [2.45, 2.75) is 32.9 Å². The molecule has 0 amide bonds. The molecule has 1 aromatic rings. The molecule has 4 nitrogen and oxygen atoms in total. The zero-order valence-electron chi connectivity index (χ0n) is 12.1. The van der Waals surface area contributed by atoms with Gasteiger partial charge in [-0.05, 0) is 43.0 Å². The van der Waals surface area contributed by atoms with Crippen LogP contribution in [0.5, 0.6) is 0 Å². The van der Waals surface area contributed by atoms with Crippen molar-refractivity contribution in [3.8, 4) is 0 Å². The van der Waals surface area contributed by atoms with Gasteiger partial charge in [0.2, 0.25) is 0 Å². The lowest BCUT2D eigenvalue weighted by molar-refractivity contribution is 0.185. The first-order valence-corrected chi connectivity index (χ1v) is 6.99. The molecule has 0 bridgehead atoms. The fraction of sp³-hybridized carbons (Fsp3) is 0.533. The molecule has 0 spiro atoms. The predicted molar refractivity (Wildman–Crippen MR) is 95.0 cm³/mol. The van der Waals surface area contributed by atoms with E-state index in [2.05, 4.69) is 41.1 Å². The summed E-state index contributed by atoms with van der Waals surface area (Å²) in [5.41, 5.74) is 13.2. The van der Waals surface area contributed by atoms with Crippen LogP contribution in [0.2, 0.25) is 0 Å². The van der Waals surface area contributed by atoms with Crippen LogP contribution in [0, 0.1) is 5.92 Å². The molecule has 112 valence electrons. The molecule has 0 saturated carbocycles. The number of piperidine rings is 1. The highest BCUT2D eigenvalue weighted by Crippen LogP contribution is 2.18. The van der Waals surface area contributed by atoms with Gasteiger partial charge in [0, 0.05) is 6.54 Å². The van der Waals surface area contributed by atoms with Gasteiger partial charge in [-0.25, -0.2) is 4.99 Å². The number of likely N-dealkylation sites (tertiary alicyclic amines) is 1. The molecule has 1 saturated heterocycles. The van der Waals surface area contributed by atoms with Gasteiger partial charge in [0.05, 0.1) is 6.54 Å². The SMILES string of the molecule is CC1CCN(Cc2cccc(CN=C(N)N)c2)CC1.I. The van der Waals surface area contributed by atoms with E-state index in [4.69, 9.17) is 11.5 Å². The quantitative estimate of drug-likeness (QED) is 0.473. The zero-order valence-corrected chi connectivity index (χ0v) is 14.4. The maximum atomic E-state index is 5.36. The van der Waals surface area contributed by atoms with Gasteiger partial charge in [0.1, 0.15) is 0 Å². The first kappa shape index (κ1) is 17.2. The molecule has 1 aromatic carbocycles. The number of aliphatic imine (C=N–C) groups is 1. The van der Waals surface area contributed by atoms with E-state index in [1.807, 2.05) is 0 Å². The van der Waals surface area contributed by atoms with Crippen LogP contribution < -0.4 is 11.5 Å². The second-order valence-electron chi connectivity index (χ2n) is 5.52. The van der Waals surface area contributed by atoms with E-state index in [-0.39, 0.29) is 29.9 Å². The molecular formula is C15H25IN4. The average Bonchev–Trinajstić information content (AvgIpc) is 2.40. The molecule has 0 unspecified atom stereocenters. The van der Waals surface area contributed by atoms with Crippen molar-refractivity contribution in [1.29, 1.82) is 0 Å². The Kier molecular flexibility index (Phi) is 7.29. The van der Waals surface area contributed by atoms with Crippen LogP contribution in [0.25, 0.3) is 0 Å². The number of hydrogen-bond acceptors (Lipinski definition) is 2. The van der Waals surface area contributed by atoms with Gasteiger partial charge >= 0.3 is 0 Å². The summed E-state index contributed by atoms with van der Waals surface area (Å²) in [4.78, 5) is 6.58. The molecule has 20 heavy (non-hydrogen) atoms. The van der Waals surface area contributed by atoms with Crippen LogP contribution in [-0.4, -0.2) is 23.9 Å². The van der Waals surface area contributed by atoms with E-state index < -0.39 is 0 Å². The summed E-state index contributed by atoms with van der Waals surface area (Å²) in [5, 5.41) is 0. The number of nitrogens with two attached hydrogens (primary N) is 2. The molecule has 0 aromatic heterocycles. The van der Waals surface area contributed by atoms with Gasteiger partial charge in [-0.1, -0.05) is 31.2 Å². The molecule has 4 N–H and O–H groups in total. The van der Waals surface area contributed by atoms with Crippen LogP contribution in [0.1, 0.15) is 30.9 Å². The predicted octanol–water partition coefficient (Wildman–Crippen LogP) is 2.31. The number of rotatable bonds is 4. The molecule has 1 fully saturated rings. The minimum absolute atomic E-state index is 0. The monoisotopic (exact) mass is 388 g/mol. The van der Waals surface area contributed by atoms with Crippen LogP contribution in [0.4, 0.5) is 0 Å². The molecule has 1 heterocycles. The summed E-state index contributed by atoms with van der Waals surface area (Å²) >= 11 is 0. The topological polar surface area (TPSA) is 67.6 Å². The van der Waals surface area contributed by atoms with Crippen LogP contribution in [0.3, 0.4) is 0 Å². The van der Waals surface area contributed by atoms with Gasteiger partial charge in [0.15, 0.2) is 5.96 Å². The first-order valence-electron chi connectivity index (χ1n) is 6.99. The normalized spacial score (nSPS) is 16.4. The van der Waals surface area contributed by atoms with Crippen molar-refractivity contribution in [3.63, 3.8) is 0 Å². The van der Waals surface area contributed by atoms with E-state index in [1.165, 1.54) is 31.5 Å². The minimum atomic E-state index is 0. The fourth-order valence-electron chi connectivity index (χ4n) is 2.49. The number of nitrogens with zero attached hydrogens (tertiary/aromatic N) is 2. The maximum Gasteiger partial charge on any atom is 0.186 e. The van der Waals surface area contributed by atoms with E-state index in [0.717, 1.165) is 18.0 Å². The van der Waals surface area contributed by atoms with Crippen LogP contribution in [0.15, 0.2) is 29.3 Å². The zero-order chi connectivity index (χ0) is 13.7. The largest absolute Gasteiger partial charge is 0.370 e. The van der Waals surface area contributed by atoms with Crippen molar-refractivity contribution < 1.29 is 0 Å². The summed E-state index contributed by atoms with van der Waals surface area (Å²) in [6.45, 7) is 6.35. The third kappa shape index (κ3) is 5.66. The lowest BCUT2D eigenvalue weighted by Gasteiger charge is -2.30. The Balaban J connectivity index is 0.00000200. The van der Waals surface area contributed by atoms with E-state index >= 15 is 0 Å². The summed E-state index contributed by atoms with van der Waals surface area (Å²) in [6.07, 6.45) is 2.63. The van der Waals surface area contributed by atoms with Crippen molar-refractivity contribution in [2.24, 2.45) is 22.4 Å². The van der Waals surface area contributed by atoms with Gasteiger partial charge in [-0.2, -0.15) is 0 Å². The number of hydrogen-bond donors (Lipinski definition) is 2. The Morgan fingerprint density at radius 2 is 1.90 bits per heavy atom. The molecule has 5 heteroatoms. The van der Waals surface area contributed by atoms with Gasteiger partial charge in [0.25, 0.3) is 0 Å². The van der Waals surface area contributed by atoms with E-state index in [0.29, 0.717) is 6.54 Å². The summed E-state index contributed by atoms with van der Waals surface area (Å²) in [7, 11) is 0. The highest BCUT2D eigenvalue weighted by molar-refractivity contribution is 14.0. The third-order valence-electron chi connectivity index (χ3n) is 3.72. The average molecular weight is 388 g/mol. The summed E-state index contributed by atoms with van der Waals surface area (Å²) in [6, 6.07) is 8.52. The summed E-state index contributed by atoms with van der Waals surface area (Å²) in [5.74, 6) is 1.03. The van der Waals surface area contributed by atoms with Gasteiger partial charge in [-0.15, -0.1) is 24.0 Å². The van der Waals surface area contributed by atoms with Crippen LogP contribution in [-0.2, 0) is 13.1 Å². The van der Waals surface area contributed by atoms with Crippen molar-refractivity contribution in [3.05, 3.63) is 35.4 Å². The Hall–Kier alpha value is -0.820. The molecule has 0 atom stereocenters. The highest BCUT2D eigenvalue weighted by Gasteiger charge is 2.15.